The molecule has 23 heavy (non-hydrogen) atoms. The van der Waals surface area contributed by atoms with Crippen molar-refractivity contribution in [3.63, 3.8) is 0 Å². The average Bonchev–Trinajstić information content (AvgIpc) is 3.02. The number of piperidine rings is 1. The van der Waals surface area contributed by atoms with E-state index in [2.05, 4.69) is 16.0 Å². The molecule has 3 N–H and O–H groups in total. The standard InChI is InChI=1S/C17H30N4O2/c22-15(12-19-16(23)20-14-4-2-1-3-5-14)21-10-7-17(8-11-21)6-9-18-13-17/h14,18H,1-13H2,(H2,19,20,23). The van der Waals surface area contributed by atoms with Crippen molar-refractivity contribution < 1.29 is 9.59 Å². The molecule has 2 heterocycles. The van der Waals surface area contributed by atoms with Crippen molar-refractivity contribution in [1.82, 2.24) is 20.9 Å². The molecule has 6 heteroatoms. The smallest absolute Gasteiger partial charge is 0.315 e. The molecule has 0 radical (unpaired) electrons. The van der Waals surface area contributed by atoms with Gasteiger partial charge in [0.05, 0.1) is 6.54 Å². The Labute approximate surface area is 138 Å². The SMILES string of the molecule is O=C(NCC(=O)N1CCC2(CCNC2)CC1)NC1CCCCC1. The lowest BCUT2D eigenvalue weighted by molar-refractivity contribution is -0.132. The van der Waals surface area contributed by atoms with Crippen LogP contribution in [0, 0.1) is 5.41 Å². The van der Waals surface area contributed by atoms with Crippen LogP contribution in [-0.4, -0.2) is 55.6 Å². The topological polar surface area (TPSA) is 73.5 Å². The lowest BCUT2D eigenvalue weighted by atomic mass is 9.78. The second-order valence-electron chi connectivity index (χ2n) is 7.47. The summed E-state index contributed by atoms with van der Waals surface area (Å²) in [6.07, 6.45) is 9.16. The van der Waals surface area contributed by atoms with Gasteiger partial charge in [-0.05, 0) is 44.1 Å². The van der Waals surface area contributed by atoms with Crippen molar-refractivity contribution in [3.05, 3.63) is 0 Å². The Hall–Kier alpha value is -1.30. The lowest BCUT2D eigenvalue weighted by Crippen LogP contribution is -2.50. The quantitative estimate of drug-likeness (QED) is 0.731. The van der Waals surface area contributed by atoms with Gasteiger partial charge in [0, 0.05) is 25.7 Å². The van der Waals surface area contributed by atoms with Crippen LogP contribution in [0.2, 0.25) is 0 Å². The predicted octanol–water partition coefficient (Wildman–Crippen LogP) is 1.22. The Morgan fingerprint density at radius 2 is 1.83 bits per heavy atom. The molecule has 0 aromatic rings. The normalized spacial score (nSPS) is 24.6. The summed E-state index contributed by atoms with van der Waals surface area (Å²) in [5.41, 5.74) is 0.419. The number of hydrogen-bond acceptors (Lipinski definition) is 3. The van der Waals surface area contributed by atoms with Gasteiger partial charge in [-0.15, -0.1) is 0 Å². The Balaban J connectivity index is 1.35. The molecule has 3 amide bonds. The third kappa shape index (κ3) is 4.37. The molecule has 0 atom stereocenters. The molecule has 3 aliphatic rings. The van der Waals surface area contributed by atoms with Gasteiger partial charge in [0.2, 0.25) is 5.91 Å². The first-order valence-electron chi connectivity index (χ1n) is 9.20. The number of likely N-dealkylation sites (tertiary alicyclic amines) is 1. The maximum atomic E-state index is 12.3. The Morgan fingerprint density at radius 1 is 1.09 bits per heavy atom. The van der Waals surface area contributed by atoms with E-state index in [9.17, 15) is 9.59 Å². The number of nitrogens with zero attached hydrogens (tertiary/aromatic N) is 1. The zero-order chi connectivity index (χ0) is 16.1. The van der Waals surface area contributed by atoms with Crippen LogP contribution in [0.15, 0.2) is 0 Å². The Morgan fingerprint density at radius 3 is 2.48 bits per heavy atom. The summed E-state index contributed by atoms with van der Waals surface area (Å²) in [6.45, 7) is 3.97. The fraction of sp³-hybridized carbons (Fsp3) is 0.882. The number of carbonyl (C=O) groups is 2. The third-order valence-corrected chi connectivity index (χ3v) is 5.85. The van der Waals surface area contributed by atoms with Crippen LogP contribution in [0.4, 0.5) is 4.79 Å². The van der Waals surface area contributed by atoms with Crippen molar-refractivity contribution in [2.45, 2.75) is 57.4 Å². The van der Waals surface area contributed by atoms with E-state index >= 15 is 0 Å². The largest absolute Gasteiger partial charge is 0.341 e. The van der Waals surface area contributed by atoms with Crippen LogP contribution < -0.4 is 16.0 Å². The summed E-state index contributed by atoms with van der Waals surface area (Å²) in [6, 6.07) is 0.0855. The first-order valence-corrected chi connectivity index (χ1v) is 9.20. The van der Waals surface area contributed by atoms with Gasteiger partial charge >= 0.3 is 6.03 Å². The summed E-state index contributed by atoms with van der Waals surface area (Å²) in [5, 5.41) is 9.16. The average molecular weight is 322 g/mol. The molecule has 1 spiro atoms. The van der Waals surface area contributed by atoms with Crippen molar-refractivity contribution in [3.8, 4) is 0 Å². The molecule has 0 bridgehead atoms. The number of hydrogen-bond donors (Lipinski definition) is 3. The molecule has 2 saturated heterocycles. The highest BCUT2D eigenvalue weighted by Gasteiger charge is 2.37. The molecule has 1 saturated carbocycles. The fourth-order valence-corrected chi connectivity index (χ4v) is 4.20. The first-order chi connectivity index (χ1) is 11.2. The maximum absolute atomic E-state index is 12.3. The molecule has 1 aliphatic carbocycles. The minimum atomic E-state index is -0.196. The van der Waals surface area contributed by atoms with Gasteiger partial charge in [-0.2, -0.15) is 0 Å². The van der Waals surface area contributed by atoms with Crippen LogP contribution in [-0.2, 0) is 4.79 Å². The zero-order valence-corrected chi connectivity index (χ0v) is 14.0. The van der Waals surface area contributed by atoms with Gasteiger partial charge in [0.1, 0.15) is 0 Å². The summed E-state index contributed by atoms with van der Waals surface area (Å²) in [7, 11) is 0. The predicted molar refractivity (Wildman–Crippen MR) is 89.1 cm³/mol. The molecular formula is C17H30N4O2. The van der Waals surface area contributed by atoms with Gasteiger partial charge in [-0.1, -0.05) is 19.3 Å². The molecule has 0 aromatic heterocycles. The number of urea groups is 1. The second kappa shape index (κ2) is 7.51. The molecular weight excluding hydrogens is 292 g/mol. The Kier molecular flexibility index (Phi) is 5.41. The highest BCUT2D eigenvalue weighted by Crippen LogP contribution is 2.36. The van der Waals surface area contributed by atoms with Crippen LogP contribution in [0.1, 0.15) is 51.4 Å². The summed E-state index contributed by atoms with van der Waals surface area (Å²) in [4.78, 5) is 26.1. The van der Waals surface area contributed by atoms with Crippen LogP contribution in [0.3, 0.4) is 0 Å². The Bertz CT molecular complexity index is 418. The van der Waals surface area contributed by atoms with Crippen molar-refractivity contribution in [1.29, 1.82) is 0 Å². The van der Waals surface area contributed by atoms with Gasteiger partial charge in [-0.25, -0.2) is 4.79 Å². The van der Waals surface area contributed by atoms with Crippen LogP contribution >= 0.6 is 0 Å². The molecule has 3 rings (SSSR count). The van der Waals surface area contributed by atoms with Crippen molar-refractivity contribution in [2.24, 2.45) is 5.41 Å². The van der Waals surface area contributed by atoms with E-state index < -0.39 is 0 Å². The van der Waals surface area contributed by atoms with Crippen LogP contribution in [0.5, 0.6) is 0 Å². The summed E-state index contributed by atoms with van der Waals surface area (Å²) in [5.74, 6) is 0.0459. The molecule has 130 valence electrons. The third-order valence-electron chi connectivity index (χ3n) is 5.85. The van der Waals surface area contributed by atoms with Gasteiger partial charge < -0.3 is 20.9 Å². The first kappa shape index (κ1) is 16.6. The number of rotatable bonds is 3. The van der Waals surface area contributed by atoms with Gasteiger partial charge in [0.15, 0.2) is 0 Å². The summed E-state index contributed by atoms with van der Waals surface area (Å²) < 4.78 is 0. The van der Waals surface area contributed by atoms with E-state index in [1.54, 1.807) is 0 Å². The summed E-state index contributed by atoms with van der Waals surface area (Å²) >= 11 is 0. The minimum absolute atomic E-state index is 0.0459. The molecule has 2 aliphatic heterocycles. The van der Waals surface area contributed by atoms with E-state index in [0.29, 0.717) is 5.41 Å². The van der Waals surface area contributed by atoms with Crippen molar-refractivity contribution >= 4 is 11.9 Å². The number of amides is 3. The van der Waals surface area contributed by atoms with Gasteiger partial charge in [0.25, 0.3) is 0 Å². The second-order valence-corrected chi connectivity index (χ2v) is 7.47. The van der Waals surface area contributed by atoms with E-state index in [0.717, 1.165) is 51.9 Å². The molecule has 0 unspecified atom stereocenters. The fourth-order valence-electron chi connectivity index (χ4n) is 4.20. The highest BCUT2D eigenvalue weighted by atomic mass is 16.2. The molecule has 6 nitrogen and oxygen atoms in total. The minimum Gasteiger partial charge on any atom is -0.341 e. The van der Waals surface area contributed by atoms with Gasteiger partial charge in [-0.3, -0.25) is 4.79 Å². The number of carbonyl (C=O) groups excluding carboxylic acids is 2. The lowest BCUT2D eigenvalue weighted by Gasteiger charge is -2.38. The van der Waals surface area contributed by atoms with E-state index in [1.807, 2.05) is 4.90 Å². The maximum Gasteiger partial charge on any atom is 0.315 e. The van der Waals surface area contributed by atoms with E-state index in [1.165, 1.54) is 25.7 Å². The van der Waals surface area contributed by atoms with E-state index in [-0.39, 0.29) is 24.5 Å². The molecule has 0 aromatic carbocycles. The molecule has 3 fully saturated rings. The van der Waals surface area contributed by atoms with Crippen molar-refractivity contribution in [2.75, 3.05) is 32.7 Å². The highest BCUT2D eigenvalue weighted by molar-refractivity contribution is 5.84. The number of nitrogens with one attached hydrogen (secondary N) is 3. The zero-order valence-electron chi connectivity index (χ0n) is 14.0. The van der Waals surface area contributed by atoms with Crippen LogP contribution in [0.25, 0.3) is 0 Å². The van der Waals surface area contributed by atoms with E-state index in [4.69, 9.17) is 0 Å². The monoisotopic (exact) mass is 322 g/mol.